The smallest absolute Gasteiger partial charge is 0.214 e. The van der Waals surface area contributed by atoms with Gasteiger partial charge >= 0.3 is 12.4 Å². The Morgan fingerprint density at radius 2 is 0.771 bits per heavy atom. The number of halogens is 6. The normalized spacial score (nSPS) is 12.0. The van der Waals surface area contributed by atoms with Crippen LogP contribution in [0, 0.1) is 0 Å². The first-order valence-corrected chi connectivity index (χ1v) is 14.7. The maximum absolute atomic E-state index is 13.3. The Morgan fingerprint density at radius 3 is 1.12 bits per heavy atom. The highest BCUT2D eigenvalue weighted by atomic mass is 19.4. The summed E-state index contributed by atoms with van der Waals surface area (Å²) in [6.45, 7) is 0. The van der Waals surface area contributed by atoms with Crippen molar-refractivity contribution in [1.29, 1.82) is 0 Å². The van der Waals surface area contributed by atoms with E-state index in [1.54, 1.807) is 39.7 Å². The largest absolute Gasteiger partial charge is 0.416 e. The molecule has 0 atom stereocenters. The van der Waals surface area contributed by atoms with Crippen LogP contribution in [0.25, 0.3) is 56.7 Å². The zero-order valence-corrected chi connectivity index (χ0v) is 24.8. The van der Waals surface area contributed by atoms with Crippen LogP contribution in [-0.4, -0.2) is 24.5 Å². The summed E-state index contributed by atoms with van der Waals surface area (Å²) in [6.07, 6.45) is -8.98. The van der Waals surface area contributed by atoms with Crippen LogP contribution in [0.5, 0.6) is 0 Å². The third-order valence-electron chi connectivity index (χ3n) is 7.73. The van der Waals surface area contributed by atoms with Gasteiger partial charge in [-0.3, -0.25) is 0 Å². The van der Waals surface area contributed by atoms with Crippen LogP contribution in [0.15, 0.2) is 140 Å². The molecule has 0 aliphatic carbocycles. The van der Waals surface area contributed by atoms with Gasteiger partial charge in [0, 0.05) is 22.3 Å². The first-order valence-electron chi connectivity index (χ1n) is 14.7. The van der Waals surface area contributed by atoms with Gasteiger partial charge in [-0.05, 0) is 48.5 Å². The Kier molecular flexibility index (Phi) is 7.67. The SMILES string of the molecule is FC(F)(F)c1ccc(-c2cc(-c3ccccc3)nn2-c2cccc(-n3nc(-c4ccccc4)cc3-c3ccc(C(F)(F)F)cc3)n2)cc1. The number of aromatic nitrogens is 5. The van der Waals surface area contributed by atoms with Crippen molar-refractivity contribution in [3.05, 3.63) is 151 Å². The van der Waals surface area contributed by atoms with Gasteiger partial charge in [0.25, 0.3) is 0 Å². The van der Waals surface area contributed by atoms with Gasteiger partial charge in [0.1, 0.15) is 0 Å². The second-order valence-corrected chi connectivity index (χ2v) is 10.9. The van der Waals surface area contributed by atoms with Crippen molar-refractivity contribution in [1.82, 2.24) is 24.5 Å². The van der Waals surface area contributed by atoms with Crippen molar-refractivity contribution in [2.24, 2.45) is 0 Å². The molecule has 0 saturated heterocycles. The molecular formula is C37H23F6N5. The maximum atomic E-state index is 13.3. The fourth-order valence-electron chi connectivity index (χ4n) is 5.33. The molecule has 0 unspecified atom stereocenters. The quantitative estimate of drug-likeness (QED) is 0.168. The van der Waals surface area contributed by atoms with Crippen molar-refractivity contribution < 1.29 is 26.3 Å². The number of benzene rings is 4. The van der Waals surface area contributed by atoms with E-state index in [0.29, 0.717) is 45.5 Å². The number of nitrogens with zero attached hydrogens (tertiary/aromatic N) is 5. The van der Waals surface area contributed by atoms with Gasteiger partial charge in [-0.25, -0.2) is 14.3 Å². The Hall–Kier alpha value is -5.97. The lowest BCUT2D eigenvalue weighted by atomic mass is 10.1. The first-order chi connectivity index (χ1) is 23.0. The molecule has 0 N–H and O–H groups in total. The van der Waals surface area contributed by atoms with Crippen LogP contribution in [0.4, 0.5) is 26.3 Å². The molecule has 0 radical (unpaired) electrons. The van der Waals surface area contributed by atoms with Crippen LogP contribution in [0.1, 0.15) is 11.1 Å². The van der Waals surface area contributed by atoms with Gasteiger partial charge < -0.3 is 0 Å². The molecule has 11 heteroatoms. The average molecular weight is 652 g/mol. The summed E-state index contributed by atoms with van der Waals surface area (Å²) >= 11 is 0. The summed E-state index contributed by atoms with van der Waals surface area (Å²) in [5.74, 6) is 0.694. The highest BCUT2D eigenvalue weighted by molar-refractivity contribution is 5.72. The van der Waals surface area contributed by atoms with E-state index in [2.05, 4.69) is 0 Å². The van der Waals surface area contributed by atoms with Gasteiger partial charge in [-0.1, -0.05) is 91.0 Å². The molecule has 0 bridgehead atoms. The van der Waals surface area contributed by atoms with E-state index in [1.165, 1.54) is 24.3 Å². The number of pyridine rings is 1. The van der Waals surface area contributed by atoms with Crippen LogP contribution < -0.4 is 0 Å². The third-order valence-corrected chi connectivity index (χ3v) is 7.73. The van der Waals surface area contributed by atoms with Crippen molar-refractivity contribution in [3.8, 4) is 56.7 Å². The Balaban J connectivity index is 1.37. The lowest BCUT2D eigenvalue weighted by Gasteiger charge is -2.12. The summed E-state index contributed by atoms with van der Waals surface area (Å²) < 4.78 is 83.2. The minimum atomic E-state index is -4.49. The standard InChI is InChI=1S/C37H23F6N5/c38-36(39,40)28-18-14-26(15-19-28)32-22-30(24-8-3-1-4-9-24)45-47(32)34-12-7-13-35(44-34)48-33(23-31(46-48)25-10-5-2-6-11-25)27-16-20-29(21-17-27)37(41,42)43/h1-23H. The summed E-state index contributed by atoms with van der Waals surface area (Å²) in [4.78, 5) is 4.85. The van der Waals surface area contributed by atoms with Gasteiger partial charge in [-0.2, -0.15) is 36.5 Å². The van der Waals surface area contributed by atoms with Gasteiger partial charge in [0.2, 0.25) is 0 Å². The highest BCUT2D eigenvalue weighted by Crippen LogP contribution is 2.35. The molecule has 0 aliphatic rings. The van der Waals surface area contributed by atoms with E-state index in [4.69, 9.17) is 15.2 Å². The lowest BCUT2D eigenvalue weighted by molar-refractivity contribution is -0.138. The van der Waals surface area contributed by atoms with Crippen LogP contribution >= 0.6 is 0 Å². The van der Waals surface area contributed by atoms with Crippen LogP contribution in [0.3, 0.4) is 0 Å². The van der Waals surface area contributed by atoms with E-state index >= 15 is 0 Å². The maximum Gasteiger partial charge on any atom is 0.416 e. The topological polar surface area (TPSA) is 48.5 Å². The first kappa shape index (κ1) is 30.7. The zero-order valence-electron chi connectivity index (χ0n) is 24.8. The minimum Gasteiger partial charge on any atom is -0.214 e. The summed E-state index contributed by atoms with van der Waals surface area (Å²) in [5.41, 5.74) is 3.17. The Morgan fingerprint density at radius 1 is 0.396 bits per heavy atom. The van der Waals surface area contributed by atoms with E-state index in [1.807, 2.05) is 60.7 Å². The second-order valence-electron chi connectivity index (χ2n) is 10.9. The fourth-order valence-corrected chi connectivity index (χ4v) is 5.33. The van der Waals surface area contributed by atoms with E-state index < -0.39 is 23.5 Å². The zero-order chi connectivity index (χ0) is 33.5. The molecule has 7 aromatic rings. The molecule has 0 saturated carbocycles. The molecule has 7 rings (SSSR count). The van der Waals surface area contributed by atoms with E-state index in [9.17, 15) is 26.3 Å². The molecule has 0 fully saturated rings. The Labute approximate surface area is 270 Å². The fraction of sp³-hybridized carbons (Fsp3) is 0.0541. The third kappa shape index (κ3) is 6.09. The molecule has 3 heterocycles. The number of hydrogen-bond acceptors (Lipinski definition) is 3. The summed E-state index contributed by atoms with van der Waals surface area (Å²) in [5, 5.41) is 9.59. The molecule has 3 aromatic heterocycles. The van der Waals surface area contributed by atoms with Crippen LogP contribution in [-0.2, 0) is 12.4 Å². The average Bonchev–Trinajstić information content (AvgIpc) is 3.75. The van der Waals surface area contributed by atoms with E-state index in [-0.39, 0.29) is 0 Å². The molecule has 0 amide bonds. The summed E-state index contributed by atoms with van der Waals surface area (Å²) in [7, 11) is 0. The minimum absolute atomic E-state index is 0.347. The molecular weight excluding hydrogens is 628 g/mol. The van der Waals surface area contributed by atoms with Crippen molar-refractivity contribution in [2.45, 2.75) is 12.4 Å². The molecule has 0 spiro atoms. The van der Waals surface area contributed by atoms with Crippen molar-refractivity contribution >= 4 is 0 Å². The molecule has 5 nitrogen and oxygen atoms in total. The van der Waals surface area contributed by atoms with E-state index in [0.717, 1.165) is 35.4 Å². The Bertz CT molecular complexity index is 2030. The summed E-state index contributed by atoms with van der Waals surface area (Å²) in [6, 6.07) is 37.0. The second kappa shape index (κ2) is 12.0. The predicted octanol–water partition coefficient (Wildman–Crippen LogP) is 10.2. The number of rotatable bonds is 6. The highest BCUT2D eigenvalue weighted by Gasteiger charge is 2.31. The van der Waals surface area contributed by atoms with Crippen molar-refractivity contribution in [2.75, 3.05) is 0 Å². The monoisotopic (exact) mass is 651 g/mol. The number of alkyl halides is 6. The van der Waals surface area contributed by atoms with Crippen molar-refractivity contribution in [3.63, 3.8) is 0 Å². The predicted molar refractivity (Wildman–Crippen MR) is 170 cm³/mol. The molecule has 0 aliphatic heterocycles. The van der Waals surface area contributed by atoms with Gasteiger partial charge in [0.15, 0.2) is 11.6 Å². The molecule has 238 valence electrons. The lowest BCUT2D eigenvalue weighted by Crippen LogP contribution is -2.08. The molecule has 48 heavy (non-hydrogen) atoms. The van der Waals surface area contributed by atoms with Gasteiger partial charge in [0.05, 0.1) is 33.9 Å². The van der Waals surface area contributed by atoms with Crippen LogP contribution in [0.2, 0.25) is 0 Å². The van der Waals surface area contributed by atoms with Gasteiger partial charge in [-0.15, -0.1) is 0 Å². The number of hydrogen-bond donors (Lipinski definition) is 0. The molecule has 4 aromatic carbocycles.